The van der Waals surface area contributed by atoms with E-state index >= 15 is 0 Å². The number of hydrogen-bond acceptors (Lipinski definition) is 4. The number of halogens is 1. The highest BCUT2D eigenvalue weighted by Crippen LogP contribution is 2.24. The number of aromatic amines is 1. The molecule has 0 amide bonds. The Labute approximate surface area is 110 Å². The van der Waals surface area contributed by atoms with Crippen molar-refractivity contribution in [3.8, 4) is 5.75 Å². The molecule has 0 aliphatic rings. The van der Waals surface area contributed by atoms with Crippen molar-refractivity contribution in [3.63, 3.8) is 0 Å². The third kappa shape index (κ3) is 3.75. The standard InChI is InChI=1S/C13H17FN4O/c1-9(11-7-10(14)4-5-12(11)19)15-6-2-3-13-16-8-17-18-13/h4-5,7-9,15,19H,2-3,6H2,1H3,(H,16,17,18). The van der Waals surface area contributed by atoms with Crippen LogP contribution >= 0.6 is 0 Å². The lowest BCUT2D eigenvalue weighted by Crippen LogP contribution is -2.20. The van der Waals surface area contributed by atoms with E-state index in [1.165, 1.54) is 24.5 Å². The molecule has 3 N–H and O–H groups in total. The zero-order valence-corrected chi connectivity index (χ0v) is 10.7. The Kier molecular flexibility index (Phi) is 4.46. The normalized spacial score (nSPS) is 12.5. The maximum atomic E-state index is 13.1. The molecule has 0 radical (unpaired) electrons. The Morgan fingerprint density at radius 3 is 3.05 bits per heavy atom. The summed E-state index contributed by atoms with van der Waals surface area (Å²) in [6, 6.07) is 3.86. The summed E-state index contributed by atoms with van der Waals surface area (Å²) < 4.78 is 13.1. The van der Waals surface area contributed by atoms with Crippen molar-refractivity contribution in [2.45, 2.75) is 25.8 Å². The molecule has 6 heteroatoms. The molecule has 102 valence electrons. The van der Waals surface area contributed by atoms with Gasteiger partial charge in [0, 0.05) is 18.0 Å². The summed E-state index contributed by atoms with van der Waals surface area (Å²) in [6.07, 6.45) is 3.17. The van der Waals surface area contributed by atoms with Crippen LogP contribution in [0.15, 0.2) is 24.5 Å². The predicted molar refractivity (Wildman–Crippen MR) is 69.2 cm³/mol. The fraction of sp³-hybridized carbons (Fsp3) is 0.385. The van der Waals surface area contributed by atoms with Gasteiger partial charge in [0.1, 0.15) is 23.7 Å². The molecule has 0 aliphatic heterocycles. The van der Waals surface area contributed by atoms with Crippen LogP contribution in [0.4, 0.5) is 4.39 Å². The van der Waals surface area contributed by atoms with E-state index in [0.29, 0.717) is 5.56 Å². The van der Waals surface area contributed by atoms with Gasteiger partial charge in [-0.1, -0.05) is 0 Å². The SMILES string of the molecule is CC(NCCCc1ncn[nH]1)c1cc(F)ccc1O. The summed E-state index contributed by atoms with van der Waals surface area (Å²) in [5.74, 6) is 0.614. The van der Waals surface area contributed by atoms with Crippen LogP contribution in [0.1, 0.15) is 30.8 Å². The molecular weight excluding hydrogens is 247 g/mol. The molecule has 0 bridgehead atoms. The van der Waals surface area contributed by atoms with Gasteiger partial charge in [-0.15, -0.1) is 0 Å². The minimum absolute atomic E-state index is 0.106. The number of phenolic OH excluding ortho intramolecular Hbond substituents is 1. The number of nitrogens with one attached hydrogen (secondary N) is 2. The number of rotatable bonds is 6. The van der Waals surface area contributed by atoms with Crippen LogP contribution in [0.25, 0.3) is 0 Å². The number of phenols is 1. The van der Waals surface area contributed by atoms with Gasteiger partial charge in [0.25, 0.3) is 0 Å². The van der Waals surface area contributed by atoms with E-state index in [0.717, 1.165) is 25.2 Å². The van der Waals surface area contributed by atoms with Crippen molar-refractivity contribution in [3.05, 3.63) is 41.7 Å². The number of hydrogen-bond donors (Lipinski definition) is 3. The Morgan fingerprint density at radius 1 is 1.47 bits per heavy atom. The van der Waals surface area contributed by atoms with Gasteiger partial charge >= 0.3 is 0 Å². The first-order valence-electron chi connectivity index (χ1n) is 6.23. The molecule has 2 aromatic rings. The van der Waals surface area contributed by atoms with E-state index in [-0.39, 0.29) is 17.6 Å². The molecule has 0 fully saturated rings. The van der Waals surface area contributed by atoms with Gasteiger partial charge in [-0.25, -0.2) is 9.37 Å². The topological polar surface area (TPSA) is 73.8 Å². The Balaban J connectivity index is 1.80. The van der Waals surface area contributed by atoms with Crippen molar-refractivity contribution in [2.24, 2.45) is 0 Å². The van der Waals surface area contributed by atoms with Gasteiger partial charge in [-0.2, -0.15) is 5.10 Å². The number of aromatic hydroxyl groups is 1. The van der Waals surface area contributed by atoms with Gasteiger partial charge in [0.05, 0.1) is 0 Å². The summed E-state index contributed by atoms with van der Waals surface area (Å²) in [5, 5.41) is 19.5. The number of aromatic nitrogens is 3. The van der Waals surface area contributed by atoms with E-state index in [9.17, 15) is 9.50 Å². The lowest BCUT2D eigenvalue weighted by Gasteiger charge is -2.15. The summed E-state index contributed by atoms with van der Waals surface area (Å²) in [7, 11) is 0. The van der Waals surface area contributed by atoms with Crippen LogP contribution in [-0.2, 0) is 6.42 Å². The molecule has 0 saturated carbocycles. The van der Waals surface area contributed by atoms with E-state index in [2.05, 4.69) is 20.5 Å². The lowest BCUT2D eigenvalue weighted by molar-refractivity contribution is 0.448. The predicted octanol–water partition coefficient (Wildman–Crippen LogP) is 1.93. The molecule has 1 atom stereocenters. The van der Waals surface area contributed by atoms with Crippen molar-refractivity contribution in [1.82, 2.24) is 20.5 Å². The number of aryl methyl sites for hydroxylation is 1. The van der Waals surface area contributed by atoms with Crippen molar-refractivity contribution in [2.75, 3.05) is 6.54 Å². The van der Waals surface area contributed by atoms with E-state index in [1.54, 1.807) is 0 Å². The van der Waals surface area contributed by atoms with Gasteiger partial charge in [-0.3, -0.25) is 5.10 Å². The van der Waals surface area contributed by atoms with E-state index in [1.807, 2.05) is 6.92 Å². The van der Waals surface area contributed by atoms with Crippen LogP contribution < -0.4 is 5.32 Å². The average Bonchev–Trinajstić information content (AvgIpc) is 2.90. The molecular formula is C13H17FN4O. The Bertz CT molecular complexity index is 515. The largest absolute Gasteiger partial charge is 0.508 e. The quantitative estimate of drug-likeness (QED) is 0.697. The fourth-order valence-corrected chi connectivity index (χ4v) is 1.91. The van der Waals surface area contributed by atoms with Crippen LogP contribution in [0, 0.1) is 5.82 Å². The van der Waals surface area contributed by atoms with Crippen LogP contribution in [0.5, 0.6) is 5.75 Å². The minimum atomic E-state index is -0.344. The third-order valence-electron chi connectivity index (χ3n) is 2.96. The Morgan fingerprint density at radius 2 is 2.32 bits per heavy atom. The molecule has 5 nitrogen and oxygen atoms in total. The second-order valence-electron chi connectivity index (χ2n) is 4.41. The molecule has 1 heterocycles. The maximum absolute atomic E-state index is 13.1. The van der Waals surface area contributed by atoms with E-state index in [4.69, 9.17) is 0 Å². The highest BCUT2D eigenvalue weighted by molar-refractivity contribution is 5.34. The number of nitrogens with zero attached hydrogens (tertiary/aromatic N) is 2. The molecule has 0 aliphatic carbocycles. The number of H-pyrrole nitrogens is 1. The zero-order chi connectivity index (χ0) is 13.7. The second-order valence-corrected chi connectivity index (χ2v) is 4.41. The average molecular weight is 264 g/mol. The van der Waals surface area contributed by atoms with Crippen molar-refractivity contribution < 1.29 is 9.50 Å². The first-order valence-corrected chi connectivity index (χ1v) is 6.23. The van der Waals surface area contributed by atoms with Gasteiger partial charge in [0.15, 0.2) is 0 Å². The molecule has 0 spiro atoms. The minimum Gasteiger partial charge on any atom is -0.508 e. The van der Waals surface area contributed by atoms with Gasteiger partial charge in [-0.05, 0) is 38.1 Å². The molecule has 2 rings (SSSR count). The van der Waals surface area contributed by atoms with Crippen LogP contribution in [-0.4, -0.2) is 26.8 Å². The molecule has 1 aromatic heterocycles. The first-order chi connectivity index (χ1) is 9.16. The maximum Gasteiger partial charge on any atom is 0.137 e. The summed E-state index contributed by atoms with van der Waals surface area (Å²) >= 11 is 0. The number of benzene rings is 1. The van der Waals surface area contributed by atoms with Crippen molar-refractivity contribution >= 4 is 0 Å². The van der Waals surface area contributed by atoms with Gasteiger partial charge in [0.2, 0.25) is 0 Å². The second kappa shape index (κ2) is 6.29. The van der Waals surface area contributed by atoms with Gasteiger partial charge < -0.3 is 10.4 Å². The zero-order valence-electron chi connectivity index (χ0n) is 10.7. The monoisotopic (exact) mass is 264 g/mol. The van der Waals surface area contributed by atoms with E-state index < -0.39 is 0 Å². The van der Waals surface area contributed by atoms with Crippen molar-refractivity contribution in [1.29, 1.82) is 0 Å². The summed E-state index contributed by atoms with van der Waals surface area (Å²) in [6.45, 7) is 2.64. The highest BCUT2D eigenvalue weighted by atomic mass is 19.1. The molecule has 1 aromatic carbocycles. The molecule has 0 saturated heterocycles. The third-order valence-corrected chi connectivity index (χ3v) is 2.96. The summed E-state index contributed by atoms with van der Waals surface area (Å²) in [4.78, 5) is 4.03. The smallest absolute Gasteiger partial charge is 0.137 e. The molecule has 1 unspecified atom stereocenters. The fourth-order valence-electron chi connectivity index (χ4n) is 1.91. The molecule has 19 heavy (non-hydrogen) atoms. The lowest BCUT2D eigenvalue weighted by atomic mass is 10.1. The van der Waals surface area contributed by atoms with Crippen LogP contribution in [0.3, 0.4) is 0 Å². The highest BCUT2D eigenvalue weighted by Gasteiger charge is 2.10. The van der Waals surface area contributed by atoms with Crippen LogP contribution in [0.2, 0.25) is 0 Å². The summed E-state index contributed by atoms with van der Waals surface area (Å²) in [5.41, 5.74) is 0.569. The Hall–Kier alpha value is -1.95. The first kappa shape index (κ1) is 13.5.